The standard InChI is InChI=1S/C14H25N3O/c1-5-17(10-6-9-16(2)3)12-7-8-13(15)14(11-12)18-4/h7-8,11H,5-6,9-10,15H2,1-4H3. The van der Waals surface area contributed by atoms with E-state index in [1.54, 1.807) is 7.11 Å². The summed E-state index contributed by atoms with van der Waals surface area (Å²) in [6, 6.07) is 5.97. The molecule has 1 rings (SSSR count). The summed E-state index contributed by atoms with van der Waals surface area (Å²) < 4.78 is 5.26. The topological polar surface area (TPSA) is 41.7 Å². The summed E-state index contributed by atoms with van der Waals surface area (Å²) in [6.45, 7) is 5.29. The van der Waals surface area contributed by atoms with E-state index in [4.69, 9.17) is 10.5 Å². The summed E-state index contributed by atoms with van der Waals surface area (Å²) in [5.74, 6) is 0.749. The Bertz CT molecular complexity index is 366. The van der Waals surface area contributed by atoms with Crippen LogP contribution in [-0.4, -0.2) is 45.7 Å². The van der Waals surface area contributed by atoms with Crippen molar-refractivity contribution in [3.05, 3.63) is 18.2 Å². The van der Waals surface area contributed by atoms with Crippen LogP contribution in [0.15, 0.2) is 18.2 Å². The predicted molar refractivity (Wildman–Crippen MR) is 78.5 cm³/mol. The van der Waals surface area contributed by atoms with Crippen LogP contribution in [0.1, 0.15) is 13.3 Å². The van der Waals surface area contributed by atoms with Crippen molar-refractivity contribution in [1.82, 2.24) is 4.90 Å². The second kappa shape index (κ2) is 7.11. The maximum atomic E-state index is 5.83. The molecule has 4 nitrogen and oxygen atoms in total. The maximum Gasteiger partial charge on any atom is 0.143 e. The Morgan fingerprint density at radius 1 is 1.22 bits per heavy atom. The van der Waals surface area contributed by atoms with Gasteiger partial charge in [0.25, 0.3) is 0 Å². The molecule has 0 unspecified atom stereocenters. The minimum Gasteiger partial charge on any atom is -0.495 e. The third kappa shape index (κ3) is 4.11. The molecule has 18 heavy (non-hydrogen) atoms. The molecule has 0 amide bonds. The Kier molecular flexibility index (Phi) is 5.78. The molecule has 102 valence electrons. The van der Waals surface area contributed by atoms with Gasteiger partial charge in [0.2, 0.25) is 0 Å². The van der Waals surface area contributed by atoms with Crippen molar-refractivity contribution in [2.75, 3.05) is 51.5 Å². The van der Waals surface area contributed by atoms with Gasteiger partial charge in [-0.2, -0.15) is 0 Å². The highest BCUT2D eigenvalue weighted by atomic mass is 16.5. The molecule has 0 saturated heterocycles. The summed E-state index contributed by atoms with van der Waals surface area (Å²) in [4.78, 5) is 4.54. The van der Waals surface area contributed by atoms with Gasteiger partial charge in [0.15, 0.2) is 0 Å². The summed E-state index contributed by atoms with van der Waals surface area (Å²) in [5, 5.41) is 0. The van der Waals surface area contributed by atoms with E-state index in [1.807, 2.05) is 12.1 Å². The average molecular weight is 251 g/mol. The normalized spacial score (nSPS) is 10.7. The molecular formula is C14H25N3O. The van der Waals surface area contributed by atoms with Crippen molar-refractivity contribution >= 4 is 11.4 Å². The van der Waals surface area contributed by atoms with Gasteiger partial charge in [-0.25, -0.2) is 0 Å². The predicted octanol–water partition coefficient (Wildman–Crippen LogP) is 2.06. The minimum absolute atomic E-state index is 0.686. The van der Waals surface area contributed by atoms with Gasteiger partial charge in [0, 0.05) is 24.8 Å². The van der Waals surface area contributed by atoms with Crippen molar-refractivity contribution in [3.63, 3.8) is 0 Å². The fourth-order valence-corrected chi connectivity index (χ4v) is 1.94. The fraction of sp³-hybridized carbons (Fsp3) is 0.571. The number of nitrogens with two attached hydrogens (primary N) is 1. The Morgan fingerprint density at radius 3 is 2.50 bits per heavy atom. The maximum absolute atomic E-state index is 5.83. The van der Waals surface area contributed by atoms with Crippen LogP contribution in [0, 0.1) is 0 Å². The number of nitrogens with zero attached hydrogens (tertiary/aromatic N) is 2. The molecule has 4 heteroatoms. The minimum atomic E-state index is 0.686. The summed E-state index contributed by atoms with van der Waals surface area (Å²) >= 11 is 0. The van der Waals surface area contributed by atoms with Crippen molar-refractivity contribution in [2.45, 2.75) is 13.3 Å². The molecule has 1 aromatic carbocycles. The lowest BCUT2D eigenvalue weighted by Crippen LogP contribution is -2.27. The van der Waals surface area contributed by atoms with Crippen LogP contribution in [-0.2, 0) is 0 Å². The van der Waals surface area contributed by atoms with Gasteiger partial charge in [-0.1, -0.05) is 0 Å². The Balaban J connectivity index is 2.69. The van der Waals surface area contributed by atoms with Crippen molar-refractivity contribution in [3.8, 4) is 5.75 Å². The number of hydrogen-bond donors (Lipinski definition) is 1. The number of anilines is 2. The molecule has 0 spiro atoms. The molecule has 0 atom stereocenters. The molecule has 0 aliphatic heterocycles. The molecule has 1 aromatic rings. The van der Waals surface area contributed by atoms with Crippen LogP contribution >= 0.6 is 0 Å². The highest BCUT2D eigenvalue weighted by Gasteiger charge is 2.07. The molecule has 0 saturated carbocycles. The van der Waals surface area contributed by atoms with Gasteiger partial charge >= 0.3 is 0 Å². The summed E-state index contributed by atoms with van der Waals surface area (Å²) in [7, 11) is 5.85. The largest absolute Gasteiger partial charge is 0.495 e. The quantitative estimate of drug-likeness (QED) is 0.753. The molecule has 0 radical (unpaired) electrons. The first-order valence-electron chi connectivity index (χ1n) is 6.41. The van der Waals surface area contributed by atoms with Crippen LogP contribution in [0.4, 0.5) is 11.4 Å². The SMILES string of the molecule is CCN(CCCN(C)C)c1ccc(N)c(OC)c1. The molecule has 0 heterocycles. The van der Waals surface area contributed by atoms with Crippen LogP contribution < -0.4 is 15.4 Å². The molecule has 0 aliphatic rings. The van der Waals surface area contributed by atoms with Crippen LogP contribution in [0.2, 0.25) is 0 Å². The van der Waals surface area contributed by atoms with Gasteiger partial charge < -0.3 is 20.3 Å². The first kappa shape index (κ1) is 14.6. The second-order valence-corrected chi connectivity index (χ2v) is 4.66. The van der Waals surface area contributed by atoms with E-state index in [0.717, 1.165) is 31.8 Å². The molecular weight excluding hydrogens is 226 g/mol. The van der Waals surface area contributed by atoms with Crippen molar-refractivity contribution < 1.29 is 4.74 Å². The zero-order valence-corrected chi connectivity index (χ0v) is 11.9. The lowest BCUT2D eigenvalue weighted by molar-refractivity contribution is 0.400. The fourth-order valence-electron chi connectivity index (χ4n) is 1.94. The highest BCUT2D eigenvalue weighted by Crippen LogP contribution is 2.27. The van der Waals surface area contributed by atoms with Crippen LogP contribution in [0.3, 0.4) is 0 Å². The summed E-state index contributed by atoms with van der Waals surface area (Å²) in [6.07, 6.45) is 1.15. The van der Waals surface area contributed by atoms with E-state index in [2.05, 4.69) is 36.9 Å². The van der Waals surface area contributed by atoms with E-state index in [0.29, 0.717) is 5.69 Å². The molecule has 0 aromatic heterocycles. The number of ether oxygens (including phenoxy) is 1. The number of nitrogen functional groups attached to an aromatic ring is 1. The van der Waals surface area contributed by atoms with Crippen LogP contribution in [0.5, 0.6) is 5.75 Å². The molecule has 0 bridgehead atoms. The molecule has 0 fully saturated rings. The van der Waals surface area contributed by atoms with Gasteiger partial charge in [-0.3, -0.25) is 0 Å². The van der Waals surface area contributed by atoms with Crippen molar-refractivity contribution in [1.29, 1.82) is 0 Å². The zero-order valence-electron chi connectivity index (χ0n) is 11.9. The van der Waals surface area contributed by atoms with E-state index < -0.39 is 0 Å². The zero-order chi connectivity index (χ0) is 13.5. The van der Waals surface area contributed by atoms with Crippen LogP contribution in [0.25, 0.3) is 0 Å². The summed E-state index contributed by atoms with van der Waals surface area (Å²) in [5.41, 5.74) is 7.69. The third-order valence-corrected chi connectivity index (χ3v) is 3.00. The van der Waals surface area contributed by atoms with E-state index in [1.165, 1.54) is 5.69 Å². The van der Waals surface area contributed by atoms with Gasteiger partial charge in [0.1, 0.15) is 5.75 Å². The first-order chi connectivity index (χ1) is 8.58. The lowest BCUT2D eigenvalue weighted by atomic mass is 10.2. The van der Waals surface area contributed by atoms with Gasteiger partial charge in [-0.15, -0.1) is 0 Å². The molecule has 2 N–H and O–H groups in total. The second-order valence-electron chi connectivity index (χ2n) is 4.66. The van der Waals surface area contributed by atoms with E-state index in [-0.39, 0.29) is 0 Å². The number of hydrogen-bond acceptors (Lipinski definition) is 4. The Labute approximate surface area is 110 Å². The Morgan fingerprint density at radius 2 is 1.94 bits per heavy atom. The van der Waals surface area contributed by atoms with Gasteiger partial charge in [-0.05, 0) is 46.1 Å². The monoisotopic (exact) mass is 251 g/mol. The Hall–Kier alpha value is -1.42. The average Bonchev–Trinajstić information content (AvgIpc) is 2.35. The van der Waals surface area contributed by atoms with Crippen molar-refractivity contribution in [2.24, 2.45) is 0 Å². The third-order valence-electron chi connectivity index (χ3n) is 3.00. The number of methoxy groups -OCH3 is 1. The molecule has 0 aliphatic carbocycles. The first-order valence-corrected chi connectivity index (χ1v) is 6.41. The smallest absolute Gasteiger partial charge is 0.143 e. The number of rotatable bonds is 7. The highest BCUT2D eigenvalue weighted by molar-refractivity contribution is 5.62. The number of benzene rings is 1. The van der Waals surface area contributed by atoms with Gasteiger partial charge in [0.05, 0.1) is 12.8 Å². The van der Waals surface area contributed by atoms with E-state index in [9.17, 15) is 0 Å². The van der Waals surface area contributed by atoms with E-state index >= 15 is 0 Å². The lowest BCUT2D eigenvalue weighted by Gasteiger charge is -2.24.